The first-order chi connectivity index (χ1) is 13.9. The molecule has 2 fully saturated rings. The minimum atomic E-state index is -3.65. The van der Waals surface area contributed by atoms with Crippen molar-refractivity contribution in [3.8, 4) is 11.5 Å². The highest BCUT2D eigenvalue weighted by Gasteiger charge is 2.54. The lowest BCUT2D eigenvalue weighted by Gasteiger charge is -2.51. The number of halogens is 1. The zero-order valence-electron chi connectivity index (χ0n) is 17.3. The molecule has 2 heterocycles. The van der Waals surface area contributed by atoms with Crippen molar-refractivity contribution in [3.63, 3.8) is 0 Å². The fourth-order valence-corrected chi connectivity index (χ4v) is 6.31. The van der Waals surface area contributed by atoms with E-state index < -0.39 is 9.84 Å². The molecule has 1 spiro atoms. The normalized spacial score (nSPS) is 23.7. The van der Waals surface area contributed by atoms with Crippen LogP contribution in [0.1, 0.15) is 51.0 Å². The molecule has 0 amide bonds. The maximum absolute atomic E-state index is 13.3. The van der Waals surface area contributed by atoms with Gasteiger partial charge >= 0.3 is 0 Å². The third kappa shape index (κ3) is 3.39. The maximum atomic E-state index is 13.3. The van der Waals surface area contributed by atoms with Gasteiger partial charge < -0.3 is 14.8 Å². The predicted octanol–water partition coefficient (Wildman–Crippen LogP) is 4.49. The van der Waals surface area contributed by atoms with E-state index in [2.05, 4.69) is 5.32 Å². The molecule has 1 N–H and O–H groups in total. The minimum Gasteiger partial charge on any atom is -0.491 e. The van der Waals surface area contributed by atoms with Crippen LogP contribution in [0.3, 0.4) is 0 Å². The number of ether oxygens (including phenoxy) is 2. The topological polar surface area (TPSA) is 64.6 Å². The number of piperidine rings is 1. The van der Waals surface area contributed by atoms with Gasteiger partial charge in [0.15, 0.2) is 0 Å². The van der Waals surface area contributed by atoms with Gasteiger partial charge in [0.05, 0.1) is 21.4 Å². The molecule has 1 saturated carbocycles. The molecule has 2 aromatic carbocycles. The van der Waals surface area contributed by atoms with Crippen molar-refractivity contribution in [2.75, 3.05) is 6.54 Å². The van der Waals surface area contributed by atoms with Crippen molar-refractivity contribution < 1.29 is 17.9 Å². The second-order valence-electron chi connectivity index (χ2n) is 8.71. The largest absolute Gasteiger partial charge is 0.491 e. The van der Waals surface area contributed by atoms with Crippen LogP contribution in [0.15, 0.2) is 52.3 Å². The number of rotatable bonds is 4. The fraction of sp³-hybridized carbons (Fsp3) is 0.478. The molecule has 5 rings (SSSR count). The van der Waals surface area contributed by atoms with Crippen LogP contribution in [0.4, 0.5) is 0 Å². The van der Waals surface area contributed by atoms with Gasteiger partial charge in [0.2, 0.25) is 9.84 Å². The van der Waals surface area contributed by atoms with Crippen LogP contribution in [-0.4, -0.2) is 32.7 Å². The van der Waals surface area contributed by atoms with Crippen molar-refractivity contribution in [2.24, 2.45) is 0 Å². The first-order valence-electron chi connectivity index (χ1n) is 10.5. The lowest BCUT2D eigenvalue weighted by Crippen LogP contribution is -2.64. The summed E-state index contributed by atoms with van der Waals surface area (Å²) in [7, 11) is -3.65. The van der Waals surface area contributed by atoms with Crippen LogP contribution >= 0.6 is 12.4 Å². The molecule has 0 aromatic heterocycles. The second-order valence-corrected chi connectivity index (χ2v) is 10.7. The highest BCUT2D eigenvalue weighted by Crippen LogP contribution is 2.52. The lowest BCUT2D eigenvalue weighted by molar-refractivity contribution is 0.00236. The van der Waals surface area contributed by atoms with E-state index in [0.29, 0.717) is 11.7 Å². The molecule has 1 saturated heterocycles. The Kier molecular flexibility index (Phi) is 5.54. The molecule has 0 radical (unpaired) electrons. The van der Waals surface area contributed by atoms with Gasteiger partial charge in [0, 0.05) is 11.5 Å². The Morgan fingerprint density at radius 1 is 1.13 bits per heavy atom. The van der Waals surface area contributed by atoms with E-state index in [1.807, 2.05) is 19.9 Å². The summed E-state index contributed by atoms with van der Waals surface area (Å²) in [6.45, 7) is 4.83. The van der Waals surface area contributed by atoms with Gasteiger partial charge in [-0.1, -0.05) is 12.1 Å². The number of nitrogens with one attached hydrogen (secondary N) is 1. The SMILES string of the molecule is CC(C)Oc1cccc(S(=O)(=O)c2ccc3c(c2)OC2C3CCNC23CCC3)c1.Cl. The Hall–Kier alpha value is -1.76. The van der Waals surface area contributed by atoms with E-state index >= 15 is 0 Å². The smallest absolute Gasteiger partial charge is 0.206 e. The quantitative estimate of drug-likeness (QED) is 0.745. The van der Waals surface area contributed by atoms with Crippen molar-refractivity contribution >= 4 is 22.2 Å². The Morgan fingerprint density at radius 2 is 1.90 bits per heavy atom. The van der Waals surface area contributed by atoms with Gasteiger partial charge in [-0.25, -0.2) is 8.42 Å². The van der Waals surface area contributed by atoms with Crippen LogP contribution in [0, 0.1) is 0 Å². The first kappa shape index (κ1) is 21.5. The summed E-state index contributed by atoms with van der Waals surface area (Å²) in [5, 5.41) is 3.67. The summed E-state index contributed by atoms with van der Waals surface area (Å²) in [5.74, 6) is 1.64. The molecular weight excluding hydrogens is 422 g/mol. The molecule has 2 atom stereocenters. The average Bonchev–Trinajstić information content (AvgIpc) is 3.04. The summed E-state index contributed by atoms with van der Waals surface area (Å²) in [6, 6.07) is 12.1. The maximum Gasteiger partial charge on any atom is 0.206 e. The zero-order valence-corrected chi connectivity index (χ0v) is 18.9. The average molecular weight is 450 g/mol. The van der Waals surface area contributed by atoms with Gasteiger partial charge in [-0.05, 0) is 76.4 Å². The number of fused-ring (bicyclic) bond motifs is 4. The minimum absolute atomic E-state index is 0. The van der Waals surface area contributed by atoms with E-state index in [1.54, 1.807) is 36.4 Å². The molecule has 7 heteroatoms. The van der Waals surface area contributed by atoms with Crippen LogP contribution in [0.5, 0.6) is 11.5 Å². The molecule has 3 aliphatic rings. The Balaban J connectivity index is 0.00000218. The summed E-state index contributed by atoms with van der Waals surface area (Å²) >= 11 is 0. The molecular formula is C23H28ClNO4S. The summed E-state index contributed by atoms with van der Waals surface area (Å²) in [5.41, 5.74) is 1.22. The van der Waals surface area contributed by atoms with Gasteiger partial charge in [-0.2, -0.15) is 0 Å². The second kappa shape index (κ2) is 7.74. The molecule has 1 aliphatic carbocycles. The van der Waals surface area contributed by atoms with Crippen LogP contribution < -0.4 is 14.8 Å². The molecule has 5 nitrogen and oxygen atoms in total. The van der Waals surface area contributed by atoms with Crippen molar-refractivity contribution in [2.45, 2.75) is 73.0 Å². The summed E-state index contributed by atoms with van der Waals surface area (Å²) < 4.78 is 38.5. The van der Waals surface area contributed by atoms with Gasteiger partial charge in [0.25, 0.3) is 0 Å². The van der Waals surface area contributed by atoms with Gasteiger partial charge in [0.1, 0.15) is 17.6 Å². The Labute approximate surface area is 184 Å². The third-order valence-corrected chi connectivity index (χ3v) is 8.27. The van der Waals surface area contributed by atoms with Crippen LogP contribution in [0.2, 0.25) is 0 Å². The summed E-state index contributed by atoms with van der Waals surface area (Å²) in [6.07, 6.45) is 4.62. The third-order valence-electron chi connectivity index (χ3n) is 6.52. The number of benzene rings is 2. The molecule has 2 aliphatic heterocycles. The van der Waals surface area contributed by atoms with E-state index in [9.17, 15) is 8.42 Å². The van der Waals surface area contributed by atoms with Crippen LogP contribution in [0.25, 0.3) is 0 Å². The zero-order chi connectivity index (χ0) is 20.2. The standard InChI is InChI=1S/C23H27NO4S.ClH/c1-15(2)27-16-5-3-6-17(13-16)29(25,26)18-7-8-19-20-9-12-24-23(10-4-11-23)22(20)28-21(19)14-18;/h3,5-8,13-15,20,22,24H,4,9-12H2,1-2H3;1H. The molecule has 2 unspecified atom stereocenters. The summed E-state index contributed by atoms with van der Waals surface area (Å²) in [4.78, 5) is 0.510. The van der Waals surface area contributed by atoms with Crippen molar-refractivity contribution in [1.82, 2.24) is 5.32 Å². The fourth-order valence-electron chi connectivity index (χ4n) is 5.00. The van der Waals surface area contributed by atoms with Gasteiger partial charge in [-0.15, -0.1) is 12.4 Å². The highest BCUT2D eigenvalue weighted by molar-refractivity contribution is 7.91. The van der Waals surface area contributed by atoms with Crippen molar-refractivity contribution in [3.05, 3.63) is 48.0 Å². The molecule has 2 aromatic rings. The number of hydrogen-bond donors (Lipinski definition) is 1. The van der Waals surface area contributed by atoms with Crippen molar-refractivity contribution in [1.29, 1.82) is 0 Å². The lowest BCUT2D eigenvalue weighted by atomic mass is 9.66. The highest BCUT2D eigenvalue weighted by atomic mass is 35.5. The Bertz CT molecular complexity index is 1050. The van der Waals surface area contributed by atoms with E-state index in [1.165, 1.54) is 6.42 Å². The first-order valence-corrected chi connectivity index (χ1v) is 11.9. The molecule has 0 bridgehead atoms. The predicted molar refractivity (Wildman–Crippen MR) is 118 cm³/mol. The number of hydrogen-bond acceptors (Lipinski definition) is 5. The van der Waals surface area contributed by atoms with E-state index in [4.69, 9.17) is 9.47 Å². The molecule has 162 valence electrons. The number of sulfone groups is 1. The monoisotopic (exact) mass is 449 g/mol. The van der Waals surface area contributed by atoms with E-state index in [0.717, 1.165) is 37.1 Å². The van der Waals surface area contributed by atoms with E-state index in [-0.39, 0.29) is 39.9 Å². The van der Waals surface area contributed by atoms with Gasteiger partial charge in [-0.3, -0.25) is 0 Å². The van der Waals surface area contributed by atoms with Crippen LogP contribution in [-0.2, 0) is 9.84 Å². The molecule has 30 heavy (non-hydrogen) atoms. The Morgan fingerprint density at radius 3 is 2.60 bits per heavy atom.